The number of nitrogens with zero attached hydrogens (tertiary/aromatic N) is 3. The Morgan fingerprint density at radius 1 is 1.22 bits per heavy atom. The molecule has 1 aromatic rings. The summed E-state index contributed by atoms with van der Waals surface area (Å²) >= 11 is 1.15. The molecule has 0 atom stereocenters. The molecular formula is C16H14N4O2S. The van der Waals surface area contributed by atoms with E-state index in [9.17, 15) is 9.59 Å². The van der Waals surface area contributed by atoms with Crippen molar-refractivity contribution >= 4 is 40.4 Å². The Labute approximate surface area is 137 Å². The number of nitriles is 1. The first-order chi connectivity index (χ1) is 11.2. The fourth-order valence-corrected chi connectivity index (χ4v) is 3.25. The van der Waals surface area contributed by atoms with Crippen LogP contribution in [0.3, 0.4) is 0 Å². The van der Waals surface area contributed by atoms with Gasteiger partial charge in [-0.05, 0) is 35.5 Å². The topological polar surface area (TPSA) is 85.6 Å². The lowest BCUT2D eigenvalue weighted by Gasteiger charge is -2.28. The predicted molar refractivity (Wildman–Crippen MR) is 89.7 cm³/mol. The van der Waals surface area contributed by atoms with E-state index in [1.165, 1.54) is 0 Å². The number of thioether (sulfide) groups is 1. The number of aliphatic imine (C=N–C) groups is 1. The molecule has 0 aliphatic carbocycles. The summed E-state index contributed by atoms with van der Waals surface area (Å²) in [6.45, 7) is 1.51. The first-order valence-electron chi connectivity index (χ1n) is 7.20. The molecule has 3 rings (SSSR count). The zero-order valence-electron chi connectivity index (χ0n) is 12.3. The molecule has 0 radical (unpaired) electrons. The van der Waals surface area contributed by atoms with Gasteiger partial charge in [-0.3, -0.25) is 14.9 Å². The Bertz CT molecular complexity index is 736. The van der Waals surface area contributed by atoms with Gasteiger partial charge >= 0.3 is 0 Å². The normalized spacial score (nSPS) is 21.6. The molecule has 23 heavy (non-hydrogen) atoms. The van der Waals surface area contributed by atoms with Gasteiger partial charge in [0.25, 0.3) is 5.91 Å². The molecule has 0 saturated carbocycles. The van der Waals surface area contributed by atoms with Crippen molar-refractivity contribution in [1.82, 2.24) is 5.32 Å². The Hall–Kier alpha value is -2.59. The third-order valence-electron chi connectivity index (χ3n) is 3.68. The van der Waals surface area contributed by atoms with Crippen LogP contribution in [0.4, 0.5) is 5.69 Å². The summed E-state index contributed by atoms with van der Waals surface area (Å²) in [5.41, 5.74) is 1.98. The summed E-state index contributed by atoms with van der Waals surface area (Å²) in [4.78, 5) is 29.3. The van der Waals surface area contributed by atoms with E-state index in [0.29, 0.717) is 28.7 Å². The Kier molecular flexibility index (Phi) is 4.44. The number of ketones is 1. The van der Waals surface area contributed by atoms with Crippen molar-refractivity contribution in [2.75, 3.05) is 18.0 Å². The number of rotatable bonds is 2. The van der Waals surface area contributed by atoms with Crippen molar-refractivity contribution < 1.29 is 9.59 Å². The average molecular weight is 326 g/mol. The zero-order valence-corrected chi connectivity index (χ0v) is 13.1. The minimum atomic E-state index is -0.248. The largest absolute Gasteiger partial charge is 0.371 e. The fraction of sp³-hybridized carbons (Fsp3) is 0.250. The number of piperidine rings is 1. The molecule has 2 fully saturated rings. The van der Waals surface area contributed by atoms with Crippen LogP contribution in [0.5, 0.6) is 0 Å². The number of amidine groups is 1. The zero-order chi connectivity index (χ0) is 16.2. The maximum Gasteiger partial charge on any atom is 0.264 e. The third kappa shape index (κ3) is 3.60. The smallest absolute Gasteiger partial charge is 0.264 e. The summed E-state index contributed by atoms with van der Waals surface area (Å²) in [7, 11) is 0. The molecular weight excluding hydrogens is 312 g/mol. The maximum absolute atomic E-state index is 11.8. The number of amides is 1. The highest BCUT2D eigenvalue weighted by atomic mass is 32.2. The highest BCUT2D eigenvalue weighted by Crippen LogP contribution is 2.27. The van der Waals surface area contributed by atoms with Gasteiger partial charge in [0.2, 0.25) is 6.19 Å². The number of carbonyl (C=O) groups is 2. The van der Waals surface area contributed by atoms with Crippen LogP contribution in [-0.4, -0.2) is 29.9 Å². The molecule has 2 aliphatic heterocycles. The van der Waals surface area contributed by atoms with Crippen LogP contribution in [0.15, 0.2) is 34.2 Å². The highest BCUT2D eigenvalue weighted by Gasteiger charge is 2.23. The predicted octanol–water partition coefficient (Wildman–Crippen LogP) is 1.90. The van der Waals surface area contributed by atoms with E-state index in [2.05, 4.69) is 15.2 Å². The average Bonchev–Trinajstić information content (AvgIpc) is 2.89. The number of anilines is 1. The lowest BCUT2D eigenvalue weighted by atomic mass is 10.1. The van der Waals surface area contributed by atoms with Crippen molar-refractivity contribution in [1.29, 1.82) is 5.26 Å². The summed E-state index contributed by atoms with van der Waals surface area (Å²) < 4.78 is 0. The van der Waals surface area contributed by atoms with Gasteiger partial charge in [-0.15, -0.1) is 4.99 Å². The Balaban J connectivity index is 1.72. The van der Waals surface area contributed by atoms with Crippen molar-refractivity contribution in [3.8, 4) is 6.19 Å². The molecule has 0 aromatic heterocycles. The van der Waals surface area contributed by atoms with Gasteiger partial charge in [0.1, 0.15) is 5.78 Å². The van der Waals surface area contributed by atoms with Crippen LogP contribution in [-0.2, 0) is 9.59 Å². The van der Waals surface area contributed by atoms with Gasteiger partial charge < -0.3 is 4.90 Å². The number of Topliss-reactive ketones (excluding diaryl/α,β-unsaturated/α-hetero) is 1. The number of carbonyl (C=O) groups excluding carboxylic acids is 2. The second kappa shape index (κ2) is 6.67. The third-order valence-corrected chi connectivity index (χ3v) is 4.59. The molecule has 0 spiro atoms. The quantitative estimate of drug-likeness (QED) is 0.662. The molecule has 1 N–H and O–H groups in total. The van der Waals surface area contributed by atoms with E-state index >= 15 is 0 Å². The van der Waals surface area contributed by atoms with Gasteiger partial charge in [-0.2, -0.15) is 5.26 Å². The van der Waals surface area contributed by atoms with E-state index < -0.39 is 0 Å². The molecule has 2 heterocycles. The van der Waals surface area contributed by atoms with Crippen molar-refractivity contribution in [2.45, 2.75) is 12.8 Å². The van der Waals surface area contributed by atoms with E-state index in [-0.39, 0.29) is 5.91 Å². The molecule has 0 bridgehead atoms. The van der Waals surface area contributed by atoms with Gasteiger partial charge in [-0.1, -0.05) is 12.1 Å². The van der Waals surface area contributed by atoms with E-state index in [0.717, 1.165) is 36.1 Å². The van der Waals surface area contributed by atoms with Crippen molar-refractivity contribution in [2.24, 2.45) is 4.99 Å². The first-order valence-corrected chi connectivity index (χ1v) is 8.02. The molecule has 116 valence electrons. The summed E-state index contributed by atoms with van der Waals surface area (Å²) in [6, 6.07) is 7.85. The standard InChI is InChI=1S/C16H14N4O2S/c17-10-18-16-19-15(22)14(23-16)9-11-1-3-12(4-2-11)20-7-5-13(21)6-8-20/h1-4,9H,5-8H2,(H,18,19,22)/b14-9-. The number of hydrogen-bond donors (Lipinski definition) is 1. The Morgan fingerprint density at radius 2 is 1.91 bits per heavy atom. The first kappa shape index (κ1) is 15.3. The van der Waals surface area contributed by atoms with Gasteiger partial charge in [0.05, 0.1) is 4.91 Å². The monoisotopic (exact) mass is 326 g/mol. The number of hydrogen-bond acceptors (Lipinski definition) is 6. The second-order valence-corrected chi connectivity index (χ2v) is 6.23. The molecule has 1 aromatic carbocycles. The SMILES string of the molecule is N#CN=C1NC(=O)/C(=C/c2ccc(N3CCC(=O)CC3)cc2)S1. The van der Waals surface area contributed by atoms with Gasteiger partial charge in [-0.25, -0.2) is 0 Å². The highest BCUT2D eigenvalue weighted by molar-refractivity contribution is 8.18. The number of nitrogens with one attached hydrogen (secondary N) is 1. The minimum absolute atomic E-state index is 0.248. The molecule has 7 heteroatoms. The van der Waals surface area contributed by atoms with Crippen LogP contribution in [0, 0.1) is 11.5 Å². The maximum atomic E-state index is 11.8. The van der Waals surface area contributed by atoms with Crippen LogP contribution in [0.2, 0.25) is 0 Å². The fourth-order valence-electron chi connectivity index (χ4n) is 2.47. The van der Waals surface area contributed by atoms with E-state index in [1.807, 2.05) is 24.3 Å². The molecule has 1 amide bonds. The Morgan fingerprint density at radius 3 is 2.57 bits per heavy atom. The van der Waals surface area contributed by atoms with Crippen molar-refractivity contribution in [3.05, 3.63) is 34.7 Å². The van der Waals surface area contributed by atoms with Crippen molar-refractivity contribution in [3.63, 3.8) is 0 Å². The summed E-state index contributed by atoms with van der Waals surface area (Å²) in [5, 5.41) is 11.4. The van der Waals surface area contributed by atoms with E-state index in [1.54, 1.807) is 12.3 Å². The second-order valence-electron chi connectivity index (χ2n) is 5.20. The van der Waals surface area contributed by atoms with Crippen LogP contribution in [0.25, 0.3) is 6.08 Å². The van der Waals surface area contributed by atoms with Crippen LogP contribution >= 0.6 is 11.8 Å². The van der Waals surface area contributed by atoms with Crippen LogP contribution in [0.1, 0.15) is 18.4 Å². The summed E-state index contributed by atoms with van der Waals surface area (Å²) in [5.74, 6) is 0.0735. The number of benzene rings is 1. The lowest BCUT2D eigenvalue weighted by molar-refractivity contribution is -0.119. The van der Waals surface area contributed by atoms with Crippen LogP contribution < -0.4 is 10.2 Å². The van der Waals surface area contributed by atoms with Gasteiger partial charge in [0.15, 0.2) is 5.17 Å². The summed E-state index contributed by atoms with van der Waals surface area (Å²) in [6.07, 6.45) is 4.63. The van der Waals surface area contributed by atoms with E-state index in [4.69, 9.17) is 5.26 Å². The lowest BCUT2D eigenvalue weighted by Crippen LogP contribution is -2.33. The molecule has 6 nitrogen and oxygen atoms in total. The minimum Gasteiger partial charge on any atom is -0.371 e. The molecule has 2 saturated heterocycles. The molecule has 2 aliphatic rings. The van der Waals surface area contributed by atoms with Gasteiger partial charge in [0, 0.05) is 31.6 Å². The molecule has 0 unspecified atom stereocenters.